The average molecular weight is 438 g/mol. The Labute approximate surface area is 178 Å². The number of fused-ring (bicyclic) bond motifs is 1. The highest BCUT2D eigenvalue weighted by Crippen LogP contribution is 2.38. The highest BCUT2D eigenvalue weighted by molar-refractivity contribution is 6.32. The summed E-state index contributed by atoms with van der Waals surface area (Å²) >= 11 is 6.06. The van der Waals surface area contributed by atoms with Gasteiger partial charge in [-0.15, -0.1) is 0 Å². The van der Waals surface area contributed by atoms with Crippen LogP contribution in [0.4, 0.5) is 18.9 Å². The van der Waals surface area contributed by atoms with E-state index in [1.165, 1.54) is 6.07 Å². The third-order valence-electron chi connectivity index (χ3n) is 5.98. The molecule has 0 aromatic heterocycles. The van der Waals surface area contributed by atoms with Gasteiger partial charge in [-0.25, -0.2) is 0 Å². The maximum absolute atomic E-state index is 13.1. The van der Waals surface area contributed by atoms with E-state index in [0.717, 1.165) is 17.3 Å². The van der Waals surface area contributed by atoms with Gasteiger partial charge in [0, 0.05) is 43.8 Å². The molecule has 160 valence electrons. The third kappa shape index (κ3) is 4.42. The van der Waals surface area contributed by atoms with Gasteiger partial charge in [0.1, 0.15) is 0 Å². The first-order chi connectivity index (χ1) is 14.3. The fourth-order valence-corrected chi connectivity index (χ4v) is 4.59. The Morgan fingerprint density at radius 2 is 1.80 bits per heavy atom. The molecular formula is C22H23ClF3N3O. The van der Waals surface area contributed by atoms with Crippen LogP contribution >= 0.6 is 11.6 Å². The van der Waals surface area contributed by atoms with Gasteiger partial charge in [-0.1, -0.05) is 41.9 Å². The fourth-order valence-electron chi connectivity index (χ4n) is 4.29. The minimum atomic E-state index is -4.47. The Hall–Kier alpha value is -2.25. The Balaban J connectivity index is 1.48. The number of hydrogen-bond acceptors (Lipinski definition) is 3. The lowest BCUT2D eigenvalue weighted by Gasteiger charge is -2.44. The number of rotatable bonds is 2. The first kappa shape index (κ1) is 21.0. The summed E-state index contributed by atoms with van der Waals surface area (Å²) in [4.78, 5) is 14.5. The van der Waals surface area contributed by atoms with E-state index in [4.69, 9.17) is 11.6 Å². The summed E-state index contributed by atoms with van der Waals surface area (Å²) in [6.45, 7) is 2.17. The zero-order valence-electron chi connectivity index (χ0n) is 16.4. The van der Waals surface area contributed by atoms with Crippen LogP contribution in [0.2, 0.25) is 5.02 Å². The van der Waals surface area contributed by atoms with Crippen molar-refractivity contribution in [3.05, 3.63) is 64.2 Å². The minimum absolute atomic E-state index is 0.00590. The Morgan fingerprint density at radius 1 is 1.07 bits per heavy atom. The number of piperidine rings is 1. The van der Waals surface area contributed by atoms with Crippen molar-refractivity contribution in [2.24, 2.45) is 0 Å². The Kier molecular flexibility index (Phi) is 5.68. The molecule has 0 saturated carbocycles. The highest BCUT2D eigenvalue weighted by Gasteiger charge is 2.38. The number of halogens is 4. The van der Waals surface area contributed by atoms with Crippen molar-refractivity contribution in [3.63, 3.8) is 0 Å². The van der Waals surface area contributed by atoms with Crippen molar-refractivity contribution in [2.45, 2.75) is 44.1 Å². The summed E-state index contributed by atoms with van der Waals surface area (Å²) in [5, 5.41) is 6.35. The monoisotopic (exact) mass is 437 g/mol. The molecule has 0 bridgehead atoms. The average Bonchev–Trinajstić information content (AvgIpc) is 2.68. The van der Waals surface area contributed by atoms with Crippen LogP contribution in [0.3, 0.4) is 0 Å². The van der Waals surface area contributed by atoms with Gasteiger partial charge in [-0.05, 0) is 36.1 Å². The van der Waals surface area contributed by atoms with Crippen molar-refractivity contribution < 1.29 is 18.0 Å². The molecule has 4 rings (SSSR count). The molecule has 1 spiro atoms. The van der Waals surface area contributed by atoms with Gasteiger partial charge in [0.2, 0.25) is 5.91 Å². The number of hydrogen-bond donors (Lipinski definition) is 2. The van der Waals surface area contributed by atoms with Crippen molar-refractivity contribution in [2.75, 3.05) is 18.4 Å². The number of alkyl halides is 3. The number of benzene rings is 2. The van der Waals surface area contributed by atoms with Crippen molar-refractivity contribution in [1.82, 2.24) is 10.2 Å². The van der Waals surface area contributed by atoms with Gasteiger partial charge in [0.15, 0.2) is 0 Å². The number of likely N-dealkylation sites (tertiary alicyclic amines) is 1. The van der Waals surface area contributed by atoms with Crippen LogP contribution in [-0.2, 0) is 24.1 Å². The third-order valence-corrected chi connectivity index (χ3v) is 6.43. The number of nitrogens with one attached hydrogen (secondary N) is 2. The first-order valence-electron chi connectivity index (χ1n) is 9.95. The number of anilines is 1. The topological polar surface area (TPSA) is 44.4 Å². The molecule has 2 aliphatic rings. The molecule has 0 radical (unpaired) electrons. The maximum atomic E-state index is 13.1. The lowest BCUT2D eigenvalue weighted by atomic mass is 9.82. The van der Waals surface area contributed by atoms with Gasteiger partial charge in [0.05, 0.1) is 10.6 Å². The molecule has 2 N–H and O–H groups in total. The fraction of sp³-hybridized carbons (Fsp3) is 0.409. The van der Waals surface area contributed by atoms with E-state index in [1.54, 1.807) is 6.07 Å². The molecule has 2 heterocycles. The smallest absolute Gasteiger partial charge is 0.379 e. The summed E-state index contributed by atoms with van der Waals surface area (Å²) < 4.78 is 39.4. The largest absolute Gasteiger partial charge is 0.417 e. The van der Waals surface area contributed by atoms with Crippen LogP contribution < -0.4 is 10.6 Å². The number of carbonyl (C=O) groups is 1. The van der Waals surface area contributed by atoms with Crippen LogP contribution in [-0.4, -0.2) is 29.4 Å². The number of carbonyl (C=O) groups excluding carboxylic acids is 1. The Bertz CT molecular complexity index is 939. The summed E-state index contributed by atoms with van der Waals surface area (Å²) in [6, 6.07) is 12.0. The molecule has 0 atom stereocenters. The van der Waals surface area contributed by atoms with Gasteiger partial charge in [-0.2, -0.15) is 13.2 Å². The second kappa shape index (κ2) is 8.12. The molecule has 1 amide bonds. The van der Waals surface area contributed by atoms with Crippen molar-refractivity contribution in [3.8, 4) is 0 Å². The van der Waals surface area contributed by atoms with E-state index in [-0.39, 0.29) is 16.5 Å². The van der Waals surface area contributed by atoms with E-state index >= 15 is 0 Å². The molecule has 8 heteroatoms. The van der Waals surface area contributed by atoms with Crippen LogP contribution in [0.15, 0.2) is 42.5 Å². The van der Waals surface area contributed by atoms with E-state index < -0.39 is 11.7 Å². The van der Waals surface area contributed by atoms with E-state index in [1.807, 2.05) is 24.3 Å². The summed E-state index contributed by atoms with van der Waals surface area (Å²) in [5.74, 6) is 0.00590. The second-order valence-corrected chi connectivity index (χ2v) is 8.45. The van der Waals surface area contributed by atoms with E-state index in [9.17, 15) is 18.0 Å². The number of nitrogens with zero attached hydrogens (tertiary/aromatic N) is 1. The zero-order chi connectivity index (χ0) is 21.4. The van der Waals surface area contributed by atoms with E-state index in [2.05, 4.69) is 15.5 Å². The molecule has 0 unspecified atom stereocenters. The predicted octanol–water partition coefficient (Wildman–Crippen LogP) is 4.83. The van der Waals surface area contributed by atoms with Gasteiger partial charge >= 0.3 is 6.18 Å². The van der Waals surface area contributed by atoms with Crippen LogP contribution in [0, 0.1) is 0 Å². The second-order valence-electron chi connectivity index (χ2n) is 8.07. The predicted molar refractivity (Wildman–Crippen MR) is 110 cm³/mol. The van der Waals surface area contributed by atoms with Crippen LogP contribution in [0.25, 0.3) is 0 Å². The standard InChI is InChI=1S/C22H23ClF3N3O/c23-20-16(5-3-6-17(20)22(24,25)26)14-29-10-8-21(9-11-29)12-19(30)27-13-15-4-1-2-7-18(15)28-21/h1-7,28H,8-14H2,(H,27,30). The lowest BCUT2D eigenvalue weighted by Crippen LogP contribution is -2.52. The minimum Gasteiger partial charge on any atom is -0.379 e. The van der Waals surface area contributed by atoms with Gasteiger partial charge in [0.25, 0.3) is 0 Å². The Morgan fingerprint density at radius 3 is 2.53 bits per heavy atom. The SMILES string of the molecule is O=C1CC2(CCN(Cc3cccc(C(F)(F)F)c3Cl)CC2)Nc2ccccc2CN1. The quantitative estimate of drug-likeness (QED) is 0.707. The molecule has 2 aromatic carbocycles. The molecule has 4 nitrogen and oxygen atoms in total. The van der Waals surface area contributed by atoms with Gasteiger partial charge in [-0.3, -0.25) is 9.69 Å². The molecule has 2 aliphatic heterocycles. The maximum Gasteiger partial charge on any atom is 0.417 e. The summed E-state index contributed by atoms with van der Waals surface area (Å²) in [5.41, 5.74) is 1.37. The summed E-state index contributed by atoms with van der Waals surface area (Å²) in [7, 11) is 0. The molecule has 30 heavy (non-hydrogen) atoms. The molecule has 0 aliphatic carbocycles. The molecular weight excluding hydrogens is 415 g/mol. The number of para-hydroxylation sites is 1. The summed E-state index contributed by atoms with van der Waals surface area (Å²) in [6.07, 6.45) is -2.67. The zero-order valence-corrected chi connectivity index (χ0v) is 17.1. The first-order valence-corrected chi connectivity index (χ1v) is 10.3. The molecule has 2 aromatic rings. The lowest BCUT2D eigenvalue weighted by molar-refractivity contribution is -0.137. The number of amides is 1. The normalized spacial score (nSPS) is 19.4. The van der Waals surface area contributed by atoms with Crippen molar-refractivity contribution in [1.29, 1.82) is 0 Å². The molecule has 1 fully saturated rings. The van der Waals surface area contributed by atoms with Gasteiger partial charge < -0.3 is 10.6 Å². The van der Waals surface area contributed by atoms with Crippen LogP contribution in [0.5, 0.6) is 0 Å². The molecule has 1 saturated heterocycles. The highest BCUT2D eigenvalue weighted by atomic mass is 35.5. The van der Waals surface area contributed by atoms with E-state index in [0.29, 0.717) is 51.0 Å². The van der Waals surface area contributed by atoms with Crippen LogP contribution in [0.1, 0.15) is 36.0 Å². The van der Waals surface area contributed by atoms with Crippen molar-refractivity contribution >= 4 is 23.2 Å².